The summed E-state index contributed by atoms with van der Waals surface area (Å²) in [6, 6.07) is 0. The van der Waals surface area contributed by atoms with Crippen molar-refractivity contribution in [1.29, 1.82) is 0 Å². The second-order valence-electron chi connectivity index (χ2n) is 4.46. The first-order chi connectivity index (χ1) is 9.22. The third-order valence-electron chi connectivity index (χ3n) is 2.86. The van der Waals surface area contributed by atoms with Crippen LogP contribution in [0.3, 0.4) is 0 Å². The molecule has 0 radical (unpaired) electrons. The smallest absolute Gasteiger partial charge is 0.207 e. The summed E-state index contributed by atoms with van der Waals surface area (Å²) in [7, 11) is 1.72. The van der Waals surface area contributed by atoms with Gasteiger partial charge in [-0.25, -0.2) is 4.98 Å². The number of nitrogens with zero attached hydrogens (tertiary/aromatic N) is 4. The molecule has 0 fully saturated rings. The molecule has 1 N–H and O–H groups in total. The summed E-state index contributed by atoms with van der Waals surface area (Å²) >= 11 is 0. The molecule has 2 heterocycles. The largest absolute Gasteiger partial charge is 0.385 e. The van der Waals surface area contributed by atoms with Crippen LogP contribution in [0.5, 0.6) is 0 Å². The van der Waals surface area contributed by atoms with E-state index in [9.17, 15) is 0 Å². The molecule has 0 spiro atoms. The zero-order chi connectivity index (χ0) is 13.7. The summed E-state index contributed by atoms with van der Waals surface area (Å²) in [5, 5.41) is 7.54. The summed E-state index contributed by atoms with van der Waals surface area (Å²) in [5.41, 5.74) is 1.96. The molecular weight excluding hydrogens is 242 g/mol. The number of hydrogen-bond donors (Lipinski definition) is 1. The van der Waals surface area contributed by atoms with Crippen molar-refractivity contribution >= 4 is 11.6 Å². The molecule has 104 valence electrons. The molecule has 0 aliphatic heterocycles. The lowest BCUT2D eigenvalue weighted by molar-refractivity contribution is 0.190. The minimum Gasteiger partial charge on any atom is -0.385 e. The van der Waals surface area contributed by atoms with Gasteiger partial charge < -0.3 is 14.6 Å². The Labute approximate surface area is 113 Å². The van der Waals surface area contributed by atoms with E-state index in [1.54, 1.807) is 7.11 Å². The second-order valence-corrected chi connectivity index (χ2v) is 4.46. The fourth-order valence-corrected chi connectivity index (χ4v) is 1.93. The number of methoxy groups -OCH3 is 1. The SMILES string of the molecule is CCn1cc(Nc2nc(C)cn2CCCOC)cn1. The summed E-state index contributed by atoms with van der Waals surface area (Å²) in [6.07, 6.45) is 6.80. The van der Waals surface area contributed by atoms with E-state index in [0.29, 0.717) is 0 Å². The number of aromatic nitrogens is 4. The van der Waals surface area contributed by atoms with Crippen LogP contribution < -0.4 is 5.32 Å². The Bertz CT molecular complexity index is 517. The van der Waals surface area contributed by atoms with Gasteiger partial charge in [0.15, 0.2) is 0 Å². The van der Waals surface area contributed by atoms with E-state index in [2.05, 4.69) is 26.9 Å². The fraction of sp³-hybridized carbons (Fsp3) is 0.538. The summed E-state index contributed by atoms with van der Waals surface area (Å²) < 4.78 is 9.07. The molecule has 6 nitrogen and oxygen atoms in total. The molecule has 2 rings (SSSR count). The highest BCUT2D eigenvalue weighted by Crippen LogP contribution is 2.16. The molecule has 19 heavy (non-hydrogen) atoms. The van der Waals surface area contributed by atoms with Crippen molar-refractivity contribution in [2.75, 3.05) is 19.0 Å². The first-order valence-corrected chi connectivity index (χ1v) is 6.55. The molecule has 0 amide bonds. The third kappa shape index (κ3) is 3.57. The Morgan fingerprint density at radius 2 is 2.21 bits per heavy atom. The van der Waals surface area contributed by atoms with Gasteiger partial charge in [-0.2, -0.15) is 5.10 Å². The number of hydrogen-bond acceptors (Lipinski definition) is 4. The van der Waals surface area contributed by atoms with Crippen molar-refractivity contribution < 1.29 is 4.74 Å². The topological polar surface area (TPSA) is 56.9 Å². The van der Waals surface area contributed by atoms with E-state index < -0.39 is 0 Å². The van der Waals surface area contributed by atoms with E-state index >= 15 is 0 Å². The monoisotopic (exact) mass is 263 g/mol. The molecule has 0 saturated carbocycles. The van der Waals surface area contributed by atoms with Crippen LogP contribution in [0.25, 0.3) is 0 Å². The number of anilines is 2. The maximum Gasteiger partial charge on any atom is 0.207 e. The number of nitrogens with one attached hydrogen (secondary N) is 1. The van der Waals surface area contributed by atoms with Gasteiger partial charge in [0.1, 0.15) is 0 Å². The van der Waals surface area contributed by atoms with Crippen molar-refractivity contribution in [2.24, 2.45) is 0 Å². The molecule has 0 bridgehead atoms. The average molecular weight is 263 g/mol. The van der Waals surface area contributed by atoms with Crippen molar-refractivity contribution in [3.63, 3.8) is 0 Å². The molecule has 0 aliphatic rings. The Balaban J connectivity index is 2.06. The van der Waals surface area contributed by atoms with E-state index in [-0.39, 0.29) is 0 Å². The van der Waals surface area contributed by atoms with E-state index in [1.807, 2.05) is 30.2 Å². The lowest BCUT2D eigenvalue weighted by Gasteiger charge is -2.07. The van der Waals surface area contributed by atoms with Gasteiger partial charge in [-0.05, 0) is 20.3 Å². The van der Waals surface area contributed by atoms with Gasteiger partial charge in [0.05, 0.1) is 17.6 Å². The van der Waals surface area contributed by atoms with Crippen molar-refractivity contribution in [1.82, 2.24) is 19.3 Å². The zero-order valence-electron chi connectivity index (χ0n) is 11.8. The molecule has 0 atom stereocenters. The van der Waals surface area contributed by atoms with Crippen LogP contribution in [0, 0.1) is 6.92 Å². The van der Waals surface area contributed by atoms with Gasteiger partial charge in [-0.3, -0.25) is 4.68 Å². The number of aryl methyl sites for hydroxylation is 3. The Kier molecular flexibility index (Phi) is 4.57. The molecule has 0 aliphatic carbocycles. The van der Waals surface area contributed by atoms with E-state index in [0.717, 1.165) is 43.4 Å². The number of ether oxygens (including phenoxy) is 1. The molecule has 0 saturated heterocycles. The Morgan fingerprint density at radius 3 is 2.89 bits per heavy atom. The first-order valence-electron chi connectivity index (χ1n) is 6.55. The minimum atomic E-state index is 0.754. The van der Waals surface area contributed by atoms with Gasteiger partial charge >= 0.3 is 0 Å². The van der Waals surface area contributed by atoms with Crippen LogP contribution in [0.2, 0.25) is 0 Å². The highest BCUT2D eigenvalue weighted by molar-refractivity contribution is 5.51. The first kappa shape index (κ1) is 13.6. The van der Waals surface area contributed by atoms with Gasteiger partial charge in [0.2, 0.25) is 5.95 Å². The van der Waals surface area contributed by atoms with Crippen LogP contribution in [-0.2, 0) is 17.8 Å². The number of rotatable bonds is 7. The van der Waals surface area contributed by atoms with Crippen molar-refractivity contribution in [3.05, 3.63) is 24.3 Å². The summed E-state index contributed by atoms with van der Waals surface area (Å²) in [4.78, 5) is 4.49. The minimum absolute atomic E-state index is 0.754. The highest BCUT2D eigenvalue weighted by atomic mass is 16.5. The summed E-state index contributed by atoms with van der Waals surface area (Å²) in [5.74, 6) is 0.851. The second kappa shape index (κ2) is 6.38. The van der Waals surface area contributed by atoms with Crippen LogP contribution in [0.4, 0.5) is 11.6 Å². The molecule has 0 aromatic carbocycles. The maximum atomic E-state index is 5.08. The lowest BCUT2D eigenvalue weighted by Crippen LogP contribution is -2.05. The zero-order valence-corrected chi connectivity index (χ0v) is 11.8. The van der Waals surface area contributed by atoms with Crippen molar-refractivity contribution in [3.8, 4) is 0 Å². The lowest BCUT2D eigenvalue weighted by atomic mass is 10.4. The molecular formula is C13H21N5O. The van der Waals surface area contributed by atoms with Crippen molar-refractivity contribution in [2.45, 2.75) is 33.4 Å². The van der Waals surface area contributed by atoms with E-state index in [4.69, 9.17) is 4.74 Å². The van der Waals surface area contributed by atoms with Gasteiger partial charge in [-0.15, -0.1) is 0 Å². The predicted molar refractivity (Wildman–Crippen MR) is 74.6 cm³/mol. The number of imidazole rings is 1. The molecule has 2 aromatic rings. The maximum absolute atomic E-state index is 5.08. The van der Waals surface area contributed by atoms with Gasteiger partial charge in [-0.1, -0.05) is 0 Å². The predicted octanol–water partition coefficient (Wildman–Crippen LogP) is 2.19. The van der Waals surface area contributed by atoms with Crippen LogP contribution in [-0.4, -0.2) is 33.0 Å². The van der Waals surface area contributed by atoms with Gasteiger partial charge in [0.25, 0.3) is 0 Å². The standard InChI is InChI=1S/C13H21N5O/c1-4-18-10-12(8-14-18)16-13-15-11(2)9-17(13)6-5-7-19-3/h8-10H,4-7H2,1-3H3,(H,15,16). The molecule has 6 heteroatoms. The normalized spacial score (nSPS) is 10.9. The van der Waals surface area contributed by atoms with Crippen LogP contribution in [0.1, 0.15) is 19.0 Å². The fourth-order valence-electron chi connectivity index (χ4n) is 1.93. The van der Waals surface area contributed by atoms with Gasteiger partial charge in [0, 0.05) is 39.2 Å². The van der Waals surface area contributed by atoms with Crippen LogP contribution >= 0.6 is 0 Å². The Morgan fingerprint density at radius 1 is 1.37 bits per heavy atom. The highest BCUT2D eigenvalue weighted by Gasteiger charge is 2.07. The third-order valence-corrected chi connectivity index (χ3v) is 2.86. The quantitative estimate of drug-likeness (QED) is 0.778. The molecule has 0 unspecified atom stereocenters. The Hall–Kier alpha value is -1.82. The van der Waals surface area contributed by atoms with Crippen LogP contribution in [0.15, 0.2) is 18.6 Å². The van der Waals surface area contributed by atoms with E-state index in [1.165, 1.54) is 0 Å². The average Bonchev–Trinajstić information content (AvgIpc) is 2.97. The molecule has 2 aromatic heterocycles. The summed E-state index contributed by atoms with van der Waals surface area (Å²) in [6.45, 7) is 6.56.